The van der Waals surface area contributed by atoms with Gasteiger partial charge in [-0.2, -0.15) is 5.26 Å². The molecule has 0 aliphatic carbocycles. The van der Waals surface area contributed by atoms with E-state index < -0.39 is 5.97 Å². The van der Waals surface area contributed by atoms with E-state index in [1.54, 1.807) is 36.4 Å². The standard InChI is InChI=1S/C18H13Cl2NO4/c1-23-17-9-12(3-2-8-21)4-7-15(17)25-18(22)11-24-16-10-13(19)5-6-14(16)20/h2-7,9-10H,11H2,1H3/b3-2-. The molecule has 0 heterocycles. The molecule has 0 fully saturated rings. The second kappa shape index (κ2) is 8.97. The number of carbonyl (C=O) groups is 1. The van der Waals surface area contributed by atoms with Crippen molar-refractivity contribution in [2.75, 3.05) is 13.7 Å². The lowest BCUT2D eigenvalue weighted by Gasteiger charge is -2.11. The Kier molecular flexibility index (Phi) is 6.70. The maximum atomic E-state index is 12.0. The van der Waals surface area contributed by atoms with Crippen LogP contribution in [0.3, 0.4) is 0 Å². The van der Waals surface area contributed by atoms with Gasteiger partial charge < -0.3 is 14.2 Å². The van der Waals surface area contributed by atoms with Crippen LogP contribution in [0.5, 0.6) is 17.2 Å². The fourth-order valence-corrected chi connectivity index (χ4v) is 2.22. The second-order valence-corrected chi connectivity index (χ2v) is 5.55. The highest BCUT2D eigenvalue weighted by Crippen LogP contribution is 2.30. The Balaban J connectivity index is 2.03. The minimum absolute atomic E-state index is 0.238. The summed E-state index contributed by atoms with van der Waals surface area (Å²) in [7, 11) is 1.45. The summed E-state index contributed by atoms with van der Waals surface area (Å²) in [6.07, 6.45) is 2.95. The zero-order valence-electron chi connectivity index (χ0n) is 13.2. The summed E-state index contributed by atoms with van der Waals surface area (Å²) in [6, 6.07) is 11.5. The Morgan fingerprint density at radius 1 is 1.16 bits per heavy atom. The van der Waals surface area contributed by atoms with Crippen LogP contribution in [-0.4, -0.2) is 19.7 Å². The van der Waals surface area contributed by atoms with Gasteiger partial charge in [-0.25, -0.2) is 4.79 Å². The lowest BCUT2D eigenvalue weighted by molar-refractivity contribution is -0.136. The monoisotopic (exact) mass is 377 g/mol. The number of allylic oxidation sites excluding steroid dienone is 1. The average Bonchev–Trinajstić information content (AvgIpc) is 2.61. The van der Waals surface area contributed by atoms with Gasteiger partial charge in [0, 0.05) is 17.2 Å². The molecule has 0 N–H and O–H groups in total. The van der Waals surface area contributed by atoms with Gasteiger partial charge in [0.15, 0.2) is 18.1 Å². The molecule has 0 atom stereocenters. The van der Waals surface area contributed by atoms with Crippen LogP contribution in [0.4, 0.5) is 0 Å². The smallest absolute Gasteiger partial charge is 0.349 e. The van der Waals surface area contributed by atoms with Crippen LogP contribution in [0.2, 0.25) is 10.0 Å². The number of hydrogen-bond acceptors (Lipinski definition) is 5. The van der Waals surface area contributed by atoms with Crippen LogP contribution in [0.15, 0.2) is 42.5 Å². The van der Waals surface area contributed by atoms with E-state index in [1.807, 2.05) is 6.07 Å². The van der Waals surface area contributed by atoms with Crippen LogP contribution < -0.4 is 14.2 Å². The van der Waals surface area contributed by atoms with Gasteiger partial charge in [-0.15, -0.1) is 0 Å². The number of benzene rings is 2. The molecule has 0 radical (unpaired) electrons. The van der Waals surface area contributed by atoms with Crippen LogP contribution in [-0.2, 0) is 4.79 Å². The van der Waals surface area contributed by atoms with E-state index in [-0.39, 0.29) is 18.1 Å². The topological polar surface area (TPSA) is 68.5 Å². The van der Waals surface area contributed by atoms with Crippen molar-refractivity contribution < 1.29 is 19.0 Å². The van der Waals surface area contributed by atoms with E-state index in [4.69, 9.17) is 42.7 Å². The maximum absolute atomic E-state index is 12.0. The number of carbonyl (C=O) groups excluding carboxylic acids is 1. The third-order valence-electron chi connectivity index (χ3n) is 3.00. The third kappa shape index (κ3) is 5.42. The summed E-state index contributed by atoms with van der Waals surface area (Å²) >= 11 is 11.8. The van der Waals surface area contributed by atoms with E-state index in [0.29, 0.717) is 15.8 Å². The number of nitriles is 1. The highest BCUT2D eigenvalue weighted by Gasteiger charge is 2.12. The lowest BCUT2D eigenvalue weighted by Crippen LogP contribution is -2.18. The van der Waals surface area contributed by atoms with Crippen molar-refractivity contribution in [1.82, 2.24) is 0 Å². The van der Waals surface area contributed by atoms with Crippen molar-refractivity contribution in [3.63, 3.8) is 0 Å². The average molecular weight is 378 g/mol. The Morgan fingerprint density at radius 2 is 1.96 bits per heavy atom. The van der Waals surface area contributed by atoms with Gasteiger partial charge in [0.1, 0.15) is 5.75 Å². The predicted octanol–water partition coefficient (Wildman–Crippen LogP) is 4.52. The molecule has 2 aromatic carbocycles. The number of nitrogens with zero attached hydrogens (tertiary/aromatic N) is 1. The van der Waals surface area contributed by atoms with Crippen LogP contribution in [0.1, 0.15) is 5.56 Å². The highest BCUT2D eigenvalue weighted by atomic mass is 35.5. The number of rotatable bonds is 6. The van der Waals surface area contributed by atoms with Gasteiger partial charge >= 0.3 is 5.97 Å². The van der Waals surface area contributed by atoms with E-state index in [2.05, 4.69) is 0 Å². The van der Waals surface area contributed by atoms with Gasteiger partial charge in [0.2, 0.25) is 0 Å². The van der Waals surface area contributed by atoms with Gasteiger partial charge in [-0.05, 0) is 35.9 Å². The molecule has 5 nitrogen and oxygen atoms in total. The highest BCUT2D eigenvalue weighted by molar-refractivity contribution is 6.34. The van der Waals surface area contributed by atoms with Crippen molar-refractivity contribution in [3.05, 3.63) is 58.1 Å². The molecule has 0 saturated carbocycles. The van der Waals surface area contributed by atoms with Crippen LogP contribution in [0.25, 0.3) is 6.08 Å². The minimum Gasteiger partial charge on any atom is -0.493 e. The number of esters is 1. The van der Waals surface area contributed by atoms with Crippen molar-refractivity contribution >= 4 is 35.2 Å². The fourth-order valence-electron chi connectivity index (χ4n) is 1.88. The number of halogens is 2. The van der Waals surface area contributed by atoms with Crippen molar-refractivity contribution in [1.29, 1.82) is 5.26 Å². The predicted molar refractivity (Wildman–Crippen MR) is 95.2 cm³/mol. The van der Waals surface area contributed by atoms with E-state index in [0.717, 1.165) is 5.56 Å². The summed E-state index contributed by atoms with van der Waals surface area (Å²) in [6.45, 7) is -0.348. The molecule has 128 valence electrons. The van der Waals surface area contributed by atoms with Crippen LogP contribution in [0, 0.1) is 11.3 Å². The first kappa shape index (κ1) is 18.7. The first-order valence-electron chi connectivity index (χ1n) is 7.06. The van der Waals surface area contributed by atoms with Gasteiger partial charge in [-0.1, -0.05) is 29.3 Å². The molecule has 0 aromatic heterocycles. The molecule has 0 aliphatic heterocycles. The first-order chi connectivity index (χ1) is 12.0. The second-order valence-electron chi connectivity index (χ2n) is 4.71. The number of ether oxygens (including phenoxy) is 3. The molecular formula is C18H13Cl2NO4. The Hall–Kier alpha value is -2.68. The zero-order valence-corrected chi connectivity index (χ0v) is 14.7. The third-order valence-corrected chi connectivity index (χ3v) is 3.55. The van der Waals surface area contributed by atoms with Crippen LogP contribution >= 0.6 is 23.2 Å². The summed E-state index contributed by atoms with van der Waals surface area (Å²) in [4.78, 5) is 12.0. The van der Waals surface area contributed by atoms with E-state index in [1.165, 1.54) is 19.3 Å². The van der Waals surface area contributed by atoms with E-state index >= 15 is 0 Å². The number of hydrogen-bond donors (Lipinski definition) is 0. The molecular weight excluding hydrogens is 365 g/mol. The van der Waals surface area contributed by atoms with Crippen molar-refractivity contribution in [3.8, 4) is 23.3 Å². The Labute approximate surface area is 154 Å². The quantitative estimate of drug-likeness (QED) is 0.420. The summed E-state index contributed by atoms with van der Waals surface area (Å²) in [5, 5.41) is 9.33. The zero-order chi connectivity index (χ0) is 18.2. The molecule has 0 bridgehead atoms. The molecule has 0 aliphatic rings. The van der Waals surface area contributed by atoms with Gasteiger partial charge in [-0.3, -0.25) is 0 Å². The normalized spacial score (nSPS) is 10.3. The minimum atomic E-state index is -0.630. The summed E-state index contributed by atoms with van der Waals surface area (Å²) in [5.41, 5.74) is 0.736. The summed E-state index contributed by atoms with van der Waals surface area (Å²) in [5.74, 6) is 0.251. The fraction of sp³-hybridized carbons (Fsp3) is 0.111. The van der Waals surface area contributed by atoms with Gasteiger partial charge in [0.05, 0.1) is 18.2 Å². The molecule has 2 aromatic rings. The van der Waals surface area contributed by atoms with Crippen molar-refractivity contribution in [2.24, 2.45) is 0 Å². The Morgan fingerprint density at radius 3 is 2.68 bits per heavy atom. The molecule has 2 rings (SSSR count). The molecule has 7 heteroatoms. The van der Waals surface area contributed by atoms with E-state index in [9.17, 15) is 4.79 Å². The lowest BCUT2D eigenvalue weighted by atomic mass is 10.2. The maximum Gasteiger partial charge on any atom is 0.349 e. The molecule has 0 spiro atoms. The van der Waals surface area contributed by atoms with Crippen molar-refractivity contribution in [2.45, 2.75) is 0 Å². The SMILES string of the molecule is COc1cc(/C=C\C#N)ccc1OC(=O)COc1cc(Cl)ccc1Cl. The van der Waals surface area contributed by atoms with Gasteiger partial charge in [0.25, 0.3) is 0 Å². The summed E-state index contributed by atoms with van der Waals surface area (Å²) < 4.78 is 15.7. The molecule has 0 amide bonds. The molecule has 0 saturated heterocycles. The molecule has 25 heavy (non-hydrogen) atoms. The largest absolute Gasteiger partial charge is 0.493 e. The number of methoxy groups -OCH3 is 1. The molecule has 0 unspecified atom stereocenters. The Bertz CT molecular complexity index is 843. The first-order valence-corrected chi connectivity index (χ1v) is 7.82.